The van der Waals surface area contributed by atoms with Gasteiger partial charge < -0.3 is 5.32 Å². The number of rotatable bonds is 5. The van der Waals surface area contributed by atoms with Gasteiger partial charge in [-0.1, -0.05) is 6.07 Å². The lowest BCUT2D eigenvalue weighted by atomic mass is 10.1. The predicted octanol–water partition coefficient (Wildman–Crippen LogP) is 1.63. The largest absolute Gasteiger partial charge is 0.308 e. The zero-order valence-electron chi connectivity index (χ0n) is 9.37. The van der Waals surface area contributed by atoms with Crippen molar-refractivity contribution in [1.29, 1.82) is 0 Å². The summed E-state index contributed by atoms with van der Waals surface area (Å²) in [6.45, 7) is 3.93. The van der Waals surface area contributed by atoms with E-state index in [4.69, 9.17) is 0 Å². The number of nitrogens with one attached hydrogen (secondary N) is 1. The Morgan fingerprint density at radius 1 is 1.38 bits per heavy atom. The Labute approximate surface area is 95.3 Å². The number of pyridine rings is 1. The molecule has 2 rings (SSSR count). The summed E-state index contributed by atoms with van der Waals surface area (Å²) < 4.78 is 1.92. The van der Waals surface area contributed by atoms with Gasteiger partial charge in [0.05, 0.1) is 6.54 Å². The van der Waals surface area contributed by atoms with Gasteiger partial charge in [0.25, 0.3) is 0 Å². The average Bonchev–Trinajstić information content (AvgIpc) is 2.83. The van der Waals surface area contributed by atoms with E-state index in [9.17, 15) is 0 Å². The van der Waals surface area contributed by atoms with E-state index in [1.54, 1.807) is 12.4 Å². The van der Waals surface area contributed by atoms with Gasteiger partial charge in [0, 0.05) is 37.4 Å². The van der Waals surface area contributed by atoms with E-state index < -0.39 is 0 Å². The first-order chi connectivity index (χ1) is 7.86. The van der Waals surface area contributed by atoms with Gasteiger partial charge in [0.15, 0.2) is 0 Å². The second-order valence-electron chi connectivity index (χ2n) is 3.73. The average molecular weight is 216 g/mol. The lowest BCUT2D eigenvalue weighted by Crippen LogP contribution is -2.23. The first-order valence-corrected chi connectivity index (χ1v) is 5.47. The highest BCUT2D eigenvalue weighted by Gasteiger charge is 2.03. The molecule has 4 heteroatoms. The maximum atomic E-state index is 4.15. The van der Waals surface area contributed by atoms with E-state index in [1.807, 2.05) is 29.2 Å². The molecule has 0 spiro atoms. The fourth-order valence-electron chi connectivity index (χ4n) is 1.58. The van der Waals surface area contributed by atoms with Crippen LogP contribution in [0.1, 0.15) is 18.5 Å². The maximum absolute atomic E-state index is 4.15. The Morgan fingerprint density at radius 3 is 3.00 bits per heavy atom. The molecule has 0 aliphatic heterocycles. The van der Waals surface area contributed by atoms with Gasteiger partial charge in [0.2, 0.25) is 0 Å². The van der Waals surface area contributed by atoms with E-state index in [-0.39, 0.29) is 0 Å². The molecule has 0 unspecified atom stereocenters. The molecule has 16 heavy (non-hydrogen) atoms. The minimum Gasteiger partial charge on any atom is -0.308 e. The molecule has 0 amide bonds. The van der Waals surface area contributed by atoms with Crippen molar-refractivity contribution in [2.75, 3.05) is 6.54 Å². The quantitative estimate of drug-likeness (QED) is 0.826. The van der Waals surface area contributed by atoms with Crippen molar-refractivity contribution in [1.82, 2.24) is 20.1 Å². The molecule has 0 aromatic carbocycles. The molecule has 0 saturated heterocycles. The van der Waals surface area contributed by atoms with Crippen molar-refractivity contribution < 1.29 is 0 Å². The lowest BCUT2D eigenvalue weighted by Gasteiger charge is -2.13. The first kappa shape index (κ1) is 10.8. The van der Waals surface area contributed by atoms with Crippen LogP contribution in [-0.2, 0) is 6.54 Å². The minimum absolute atomic E-state index is 0.323. The Hall–Kier alpha value is -1.68. The molecule has 1 atom stereocenters. The molecule has 84 valence electrons. The Kier molecular flexibility index (Phi) is 3.66. The highest BCUT2D eigenvalue weighted by Crippen LogP contribution is 2.08. The fourth-order valence-corrected chi connectivity index (χ4v) is 1.58. The first-order valence-electron chi connectivity index (χ1n) is 5.47. The van der Waals surface area contributed by atoms with Gasteiger partial charge in [0.1, 0.15) is 0 Å². The van der Waals surface area contributed by atoms with Crippen LogP contribution >= 0.6 is 0 Å². The molecule has 0 aliphatic rings. The summed E-state index contributed by atoms with van der Waals surface area (Å²) in [7, 11) is 0. The van der Waals surface area contributed by atoms with Crippen molar-refractivity contribution in [3.63, 3.8) is 0 Å². The molecular weight excluding hydrogens is 200 g/mol. The topological polar surface area (TPSA) is 42.7 Å². The van der Waals surface area contributed by atoms with Crippen LogP contribution in [0.5, 0.6) is 0 Å². The number of hydrogen-bond donors (Lipinski definition) is 1. The molecule has 0 saturated carbocycles. The molecular formula is C12H16N4. The molecule has 4 nitrogen and oxygen atoms in total. The Balaban J connectivity index is 1.78. The van der Waals surface area contributed by atoms with Gasteiger partial charge in [-0.25, -0.2) is 0 Å². The van der Waals surface area contributed by atoms with E-state index in [1.165, 1.54) is 5.56 Å². The Morgan fingerprint density at radius 2 is 2.31 bits per heavy atom. The molecule has 2 aromatic heterocycles. The summed E-state index contributed by atoms with van der Waals surface area (Å²) >= 11 is 0. The van der Waals surface area contributed by atoms with Crippen LogP contribution in [0.3, 0.4) is 0 Å². The van der Waals surface area contributed by atoms with E-state index in [2.05, 4.69) is 28.4 Å². The highest BCUT2D eigenvalue weighted by atomic mass is 15.3. The number of nitrogens with zero attached hydrogens (tertiary/aromatic N) is 3. The zero-order valence-corrected chi connectivity index (χ0v) is 9.37. The van der Waals surface area contributed by atoms with Crippen LogP contribution in [0.25, 0.3) is 0 Å². The Bertz CT molecular complexity index is 396. The van der Waals surface area contributed by atoms with Crippen LogP contribution in [0.15, 0.2) is 43.0 Å². The summed E-state index contributed by atoms with van der Waals surface area (Å²) in [5.41, 5.74) is 1.21. The molecule has 2 aromatic rings. The SMILES string of the molecule is C[C@@H](NCCn1cccn1)c1cccnc1. The summed E-state index contributed by atoms with van der Waals surface area (Å²) in [6.07, 6.45) is 7.45. The maximum Gasteiger partial charge on any atom is 0.0534 e. The molecule has 1 N–H and O–H groups in total. The smallest absolute Gasteiger partial charge is 0.0534 e. The molecule has 0 radical (unpaired) electrons. The van der Waals surface area contributed by atoms with Crippen molar-refractivity contribution in [2.45, 2.75) is 19.5 Å². The van der Waals surface area contributed by atoms with Gasteiger partial charge in [-0.2, -0.15) is 5.10 Å². The van der Waals surface area contributed by atoms with E-state index >= 15 is 0 Å². The third kappa shape index (κ3) is 2.90. The fraction of sp³-hybridized carbons (Fsp3) is 0.333. The van der Waals surface area contributed by atoms with Crippen LogP contribution < -0.4 is 5.32 Å². The van der Waals surface area contributed by atoms with Crippen LogP contribution in [0.4, 0.5) is 0 Å². The van der Waals surface area contributed by atoms with Crippen molar-refractivity contribution in [3.05, 3.63) is 48.5 Å². The summed E-state index contributed by atoms with van der Waals surface area (Å²) in [4.78, 5) is 4.11. The number of aromatic nitrogens is 3. The van der Waals surface area contributed by atoms with Gasteiger partial charge >= 0.3 is 0 Å². The third-order valence-electron chi connectivity index (χ3n) is 2.54. The third-order valence-corrected chi connectivity index (χ3v) is 2.54. The standard InChI is InChI=1S/C12H16N4/c1-11(12-4-2-5-13-10-12)14-7-9-16-8-3-6-15-16/h2-6,8,10-11,14H,7,9H2,1H3/t11-/m1/s1. The monoisotopic (exact) mass is 216 g/mol. The lowest BCUT2D eigenvalue weighted by molar-refractivity contribution is 0.507. The molecule has 0 aliphatic carbocycles. The molecule has 0 bridgehead atoms. The highest BCUT2D eigenvalue weighted by molar-refractivity contribution is 5.12. The summed E-state index contributed by atoms with van der Waals surface area (Å²) in [5.74, 6) is 0. The van der Waals surface area contributed by atoms with E-state index in [0.717, 1.165) is 13.1 Å². The van der Waals surface area contributed by atoms with Crippen molar-refractivity contribution in [2.24, 2.45) is 0 Å². The van der Waals surface area contributed by atoms with Gasteiger partial charge in [-0.15, -0.1) is 0 Å². The normalized spacial score (nSPS) is 12.6. The molecule has 2 heterocycles. The molecule has 0 fully saturated rings. The van der Waals surface area contributed by atoms with E-state index in [0.29, 0.717) is 6.04 Å². The zero-order chi connectivity index (χ0) is 11.2. The second-order valence-corrected chi connectivity index (χ2v) is 3.73. The number of hydrogen-bond acceptors (Lipinski definition) is 3. The van der Waals surface area contributed by atoms with Gasteiger partial charge in [-0.3, -0.25) is 9.67 Å². The minimum atomic E-state index is 0.323. The van der Waals surface area contributed by atoms with Crippen molar-refractivity contribution >= 4 is 0 Å². The van der Waals surface area contributed by atoms with Crippen LogP contribution in [0, 0.1) is 0 Å². The van der Waals surface area contributed by atoms with Crippen LogP contribution in [-0.4, -0.2) is 21.3 Å². The second kappa shape index (κ2) is 5.42. The van der Waals surface area contributed by atoms with Gasteiger partial charge in [-0.05, 0) is 24.6 Å². The summed E-state index contributed by atoms with van der Waals surface area (Å²) in [6, 6.07) is 6.30. The van der Waals surface area contributed by atoms with Crippen molar-refractivity contribution in [3.8, 4) is 0 Å². The summed E-state index contributed by atoms with van der Waals surface area (Å²) in [5, 5.41) is 7.59. The predicted molar refractivity (Wildman–Crippen MR) is 62.9 cm³/mol. The van der Waals surface area contributed by atoms with Crippen LogP contribution in [0.2, 0.25) is 0 Å².